The lowest BCUT2D eigenvalue weighted by Gasteiger charge is -2.01. The third-order valence-electron chi connectivity index (χ3n) is 4.15. The fourth-order valence-electron chi connectivity index (χ4n) is 2.83. The van der Waals surface area contributed by atoms with Crippen molar-refractivity contribution in [2.24, 2.45) is 4.99 Å². The third kappa shape index (κ3) is 3.54. The van der Waals surface area contributed by atoms with E-state index in [0.29, 0.717) is 28.3 Å². The Labute approximate surface area is 163 Å². The van der Waals surface area contributed by atoms with Crippen LogP contribution in [-0.4, -0.2) is 30.4 Å². The van der Waals surface area contributed by atoms with Crippen molar-refractivity contribution in [1.82, 2.24) is 14.4 Å². The van der Waals surface area contributed by atoms with Crippen LogP contribution >= 0.6 is 0 Å². The van der Waals surface area contributed by atoms with E-state index in [1.807, 2.05) is 0 Å². The largest absolute Gasteiger partial charge is 0.281 e. The number of benzene rings is 2. The third-order valence-corrected chi connectivity index (χ3v) is 4.15. The van der Waals surface area contributed by atoms with Gasteiger partial charge in [0, 0.05) is 48.4 Å². The number of rotatable bonds is 5. The van der Waals surface area contributed by atoms with Gasteiger partial charge in [-0.05, 0) is 5.56 Å². The van der Waals surface area contributed by atoms with Crippen molar-refractivity contribution in [2.75, 3.05) is 0 Å². The van der Waals surface area contributed by atoms with Crippen molar-refractivity contribution in [2.45, 2.75) is 0 Å². The first-order chi connectivity index (χ1) is 14.0. The van der Waals surface area contributed by atoms with Gasteiger partial charge in [-0.1, -0.05) is 24.3 Å². The summed E-state index contributed by atoms with van der Waals surface area (Å²) >= 11 is 0. The van der Waals surface area contributed by atoms with E-state index >= 15 is 0 Å². The maximum absolute atomic E-state index is 11.1. The van der Waals surface area contributed by atoms with Crippen molar-refractivity contribution >= 4 is 29.1 Å². The second kappa shape index (κ2) is 7.27. The lowest BCUT2D eigenvalue weighted by molar-refractivity contribution is -0.385. The van der Waals surface area contributed by atoms with E-state index in [1.165, 1.54) is 30.5 Å². The predicted molar refractivity (Wildman–Crippen MR) is 105 cm³/mol. The molecule has 0 aliphatic carbocycles. The van der Waals surface area contributed by atoms with E-state index in [2.05, 4.69) is 15.0 Å². The summed E-state index contributed by atoms with van der Waals surface area (Å²) in [4.78, 5) is 34.1. The van der Waals surface area contributed by atoms with Crippen molar-refractivity contribution < 1.29 is 9.85 Å². The van der Waals surface area contributed by atoms with Gasteiger partial charge in [0.2, 0.25) is 0 Å². The lowest BCUT2D eigenvalue weighted by atomic mass is 10.1. The Bertz CT molecular complexity index is 1280. The van der Waals surface area contributed by atoms with Crippen LogP contribution in [0.25, 0.3) is 16.9 Å². The highest BCUT2D eigenvalue weighted by Gasteiger charge is 2.16. The number of hydrogen-bond acceptors (Lipinski definition) is 7. The van der Waals surface area contributed by atoms with E-state index in [4.69, 9.17) is 0 Å². The summed E-state index contributed by atoms with van der Waals surface area (Å²) in [6, 6.07) is 12.1. The number of nitro benzene ring substituents is 2. The number of hydrogen-bond donors (Lipinski definition) is 0. The Hall–Kier alpha value is -4.47. The molecule has 0 saturated carbocycles. The number of non-ortho nitro benzene ring substituents is 2. The van der Waals surface area contributed by atoms with Crippen LogP contribution in [0.4, 0.5) is 17.2 Å². The second-order valence-corrected chi connectivity index (χ2v) is 6.01. The Balaban J connectivity index is 1.84. The van der Waals surface area contributed by atoms with Gasteiger partial charge in [-0.15, -0.1) is 0 Å². The van der Waals surface area contributed by atoms with Crippen LogP contribution in [0.5, 0.6) is 0 Å². The molecule has 2 aromatic heterocycles. The smallest absolute Gasteiger partial charge is 0.270 e. The van der Waals surface area contributed by atoms with Crippen molar-refractivity contribution in [3.8, 4) is 11.3 Å². The van der Waals surface area contributed by atoms with Crippen molar-refractivity contribution in [3.63, 3.8) is 0 Å². The van der Waals surface area contributed by atoms with Gasteiger partial charge in [-0.2, -0.15) is 0 Å². The number of aromatic nitrogens is 3. The molecule has 0 amide bonds. The molecule has 0 aliphatic heterocycles. The number of nitro groups is 2. The number of aliphatic imine (C=N–C) groups is 1. The molecule has 0 bridgehead atoms. The molecule has 29 heavy (non-hydrogen) atoms. The topological polar surface area (TPSA) is 129 Å². The molecule has 0 aliphatic rings. The van der Waals surface area contributed by atoms with Crippen LogP contribution in [0.15, 0.2) is 72.1 Å². The highest BCUT2D eigenvalue weighted by molar-refractivity contribution is 5.86. The van der Waals surface area contributed by atoms with Gasteiger partial charge in [0.15, 0.2) is 11.5 Å². The Morgan fingerprint density at radius 2 is 1.72 bits per heavy atom. The summed E-state index contributed by atoms with van der Waals surface area (Å²) in [5.41, 5.74) is 1.90. The molecule has 4 rings (SSSR count). The van der Waals surface area contributed by atoms with Crippen LogP contribution in [0.2, 0.25) is 0 Å². The van der Waals surface area contributed by atoms with Gasteiger partial charge in [0.1, 0.15) is 5.69 Å². The monoisotopic (exact) mass is 388 g/mol. The van der Waals surface area contributed by atoms with E-state index in [9.17, 15) is 20.2 Å². The van der Waals surface area contributed by atoms with Gasteiger partial charge >= 0.3 is 0 Å². The number of imidazole rings is 1. The summed E-state index contributed by atoms with van der Waals surface area (Å²) in [6.07, 6.45) is 6.27. The molecule has 10 heteroatoms. The van der Waals surface area contributed by atoms with Crippen LogP contribution in [0, 0.1) is 20.2 Å². The van der Waals surface area contributed by atoms with Crippen molar-refractivity contribution in [1.29, 1.82) is 0 Å². The normalized spacial score (nSPS) is 11.2. The zero-order valence-corrected chi connectivity index (χ0v) is 14.7. The molecule has 0 atom stereocenters. The summed E-state index contributed by atoms with van der Waals surface area (Å²) in [5.74, 6) is 0.425. The maximum atomic E-state index is 11.1. The Morgan fingerprint density at radius 3 is 2.48 bits per heavy atom. The molecule has 0 saturated heterocycles. The first kappa shape index (κ1) is 17.9. The minimum Gasteiger partial charge on any atom is -0.281 e. The average molecular weight is 388 g/mol. The van der Waals surface area contributed by atoms with Gasteiger partial charge < -0.3 is 0 Å². The quantitative estimate of drug-likeness (QED) is 0.289. The average Bonchev–Trinajstić information content (AvgIpc) is 3.11. The Kier molecular flexibility index (Phi) is 4.49. The zero-order chi connectivity index (χ0) is 20.4. The maximum Gasteiger partial charge on any atom is 0.270 e. The van der Waals surface area contributed by atoms with Gasteiger partial charge in [-0.25, -0.2) is 9.98 Å². The van der Waals surface area contributed by atoms with E-state index in [0.717, 1.165) is 0 Å². The number of nitrogens with zero attached hydrogens (tertiary/aromatic N) is 6. The minimum absolute atomic E-state index is 0.0461. The first-order valence-electron chi connectivity index (χ1n) is 8.38. The van der Waals surface area contributed by atoms with E-state index < -0.39 is 9.85 Å². The van der Waals surface area contributed by atoms with Crippen LogP contribution in [0.1, 0.15) is 5.56 Å². The van der Waals surface area contributed by atoms with Crippen molar-refractivity contribution in [3.05, 3.63) is 92.9 Å². The summed E-state index contributed by atoms with van der Waals surface area (Å²) < 4.78 is 1.69. The molecule has 0 unspecified atom stereocenters. The number of fused-ring (bicyclic) bond motifs is 1. The molecular weight excluding hydrogens is 376 g/mol. The molecule has 0 fully saturated rings. The molecular formula is C19H12N6O4. The molecule has 0 spiro atoms. The van der Waals surface area contributed by atoms with Crippen LogP contribution in [0.3, 0.4) is 0 Å². The van der Waals surface area contributed by atoms with Gasteiger partial charge in [0.05, 0.1) is 16.0 Å². The molecule has 4 aromatic rings. The second-order valence-electron chi connectivity index (χ2n) is 6.01. The molecule has 0 N–H and O–H groups in total. The highest BCUT2D eigenvalue weighted by Crippen LogP contribution is 2.32. The molecule has 142 valence electrons. The fourth-order valence-corrected chi connectivity index (χ4v) is 2.83. The Morgan fingerprint density at radius 1 is 1.00 bits per heavy atom. The zero-order valence-electron chi connectivity index (χ0n) is 14.7. The molecule has 0 radical (unpaired) electrons. The predicted octanol–water partition coefficient (Wildman–Crippen LogP) is 3.96. The first-order valence-corrected chi connectivity index (χ1v) is 8.38. The molecule has 2 aromatic carbocycles. The van der Waals surface area contributed by atoms with Gasteiger partial charge in [0.25, 0.3) is 11.4 Å². The lowest BCUT2D eigenvalue weighted by Crippen LogP contribution is -1.90. The van der Waals surface area contributed by atoms with Crippen LogP contribution < -0.4 is 0 Å². The molecule has 10 nitrogen and oxygen atoms in total. The minimum atomic E-state index is -0.480. The fraction of sp³-hybridized carbons (Fsp3) is 0. The SMILES string of the molecule is O=[N+]([O-])c1cccc(/C=N/c2c(-c3cccc([N+](=O)[O-])c3)nc3cnccn23)c1. The summed E-state index contributed by atoms with van der Waals surface area (Å²) in [6.45, 7) is 0. The van der Waals surface area contributed by atoms with Gasteiger partial charge in [-0.3, -0.25) is 29.6 Å². The van der Waals surface area contributed by atoms with E-state index in [1.54, 1.807) is 47.3 Å². The summed E-state index contributed by atoms with van der Waals surface area (Å²) in [5, 5.41) is 22.1. The highest BCUT2D eigenvalue weighted by atomic mass is 16.6. The van der Waals surface area contributed by atoms with Crippen LogP contribution in [-0.2, 0) is 0 Å². The van der Waals surface area contributed by atoms with E-state index in [-0.39, 0.29) is 11.4 Å². The standard InChI is InChI=1S/C19H12N6O4/c26-24(27)15-5-1-3-13(9-15)11-21-19-18(22-17-12-20-7-8-23(17)19)14-4-2-6-16(10-14)25(28)29/h1-12H/b21-11+. The molecule has 2 heterocycles. The summed E-state index contributed by atoms with van der Waals surface area (Å²) in [7, 11) is 0.